The molecule has 1 amide bonds. The van der Waals surface area contributed by atoms with Crippen molar-refractivity contribution in [2.75, 3.05) is 13.2 Å². The van der Waals surface area contributed by atoms with Crippen LogP contribution in [0.1, 0.15) is 245 Å². The third-order valence-corrected chi connectivity index (χ3v) is 13.9. The minimum Gasteiger partial charge on any atom is -0.454 e. The van der Waals surface area contributed by atoms with E-state index in [1.54, 1.807) is 6.08 Å². The van der Waals surface area contributed by atoms with Crippen LogP contribution in [0.2, 0.25) is 0 Å². The topological polar surface area (TPSA) is 175 Å². The minimum absolute atomic E-state index is 0.0939. The van der Waals surface area contributed by atoms with Crippen LogP contribution < -0.4 is 5.32 Å². The summed E-state index contributed by atoms with van der Waals surface area (Å²) in [6.45, 7) is 5.60. The highest BCUT2D eigenvalue weighted by atomic mass is 16.7. The van der Waals surface area contributed by atoms with Gasteiger partial charge in [-0.1, -0.05) is 247 Å². The van der Waals surface area contributed by atoms with E-state index in [-0.39, 0.29) is 19.4 Å². The molecule has 8 unspecified atom stereocenters. The van der Waals surface area contributed by atoms with Crippen LogP contribution in [0.5, 0.6) is 0 Å². The molecule has 0 saturated carbocycles. The average Bonchev–Trinajstić information content (AvgIpc) is 3.41. The van der Waals surface area contributed by atoms with Crippen LogP contribution in [0.4, 0.5) is 0 Å². The summed E-state index contributed by atoms with van der Waals surface area (Å²) in [6.07, 6.45) is 56.2. The molecule has 1 heterocycles. The van der Waals surface area contributed by atoms with Crippen molar-refractivity contribution in [3.05, 3.63) is 85.1 Å². The number of aliphatic hydroxyl groups is 5. The van der Waals surface area contributed by atoms with Crippen LogP contribution in [-0.4, -0.2) is 99.6 Å². The Hall–Kier alpha value is -3.16. The maximum absolute atomic E-state index is 13.4. The van der Waals surface area contributed by atoms with Crippen LogP contribution in [-0.2, 0) is 23.8 Å². The molecule has 0 aliphatic carbocycles. The fraction of sp³-hybridized carbons (Fsp3) is 0.750. The van der Waals surface area contributed by atoms with Gasteiger partial charge in [0, 0.05) is 6.42 Å². The van der Waals surface area contributed by atoms with Gasteiger partial charge in [0.25, 0.3) is 0 Å². The molecular weight excluding hydrogens is 943 g/mol. The molecule has 432 valence electrons. The molecule has 1 aliphatic heterocycles. The summed E-state index contributed by atoms with van der Waals surface area (Å²) >= 11 is 0. The van der Waals surface area contributed by atoms with E-state index in [1.165, 1.54) is 109 Å². The molecule has 0 bridgehead atoms. The Morgan fingerprint density at radius 2 is 1.01 bits per heavy atom. The minimum atomic E-state index is -1.63. The number of unbranched alkanes of at least 4 members (excludes halogenated alkanes) is 27. The van der Waals surface area contributed by atoms with Gasteiger partial charge in [-0.25, -0.2) is 0 Å². The number of rotatable bonds is 50. The van der Waals surface area contributed by atoms with E-state index in [0.29, 0.717) is 12.8 Å². The number of amides is 1. The number of carbonyl (C=O) groups is 2. The first kappa shape index (κ1) is 69.9. The molecule has 75 heavy (non-hydrogen) atoms. The lowest BCUT2D eigenvalue weighted by atomic mass is 9.99. The van der Waals surface area contributed by atoms with E-state index in [4.69, 9.17) is 14.2 Å². The zero-order chi connectivity index (χ0) is 54.7. The fourth-order valence-electron chi connectivity index (χ4n) is 9.04. The first-order valence-electron chi connectivity index (χ1n) is 30.4. The summed E-state index contributed by atoms with van der Waals surface area (Å²) in [5, 5.41) is 56.9. The Labute approximate surface area is 457 Å². The molecular formula is C64H111NO10. The van der Waals surface area contributed by atoms with Gasteiger partial charge >= 0.3 is 5.97 Å². The molecule has 0 aromatic heterocycles. The third kappa shape index (κ3) is 39.8. The molecule has 1 fully saturated rings. The van der Waals surface area contributed by atoms with Gasteiger partial charge < -0.3 is 45.1 Å². The van der Waals surface area contributed by atoms with E-state index in [1.807, 2.05) is 42.5 Å². The molecule has 11 heteroatoms. The van der Waals surface area contributed by atoms with Crippen LogP contribution in [0.3, 0.4) is 0 Å². The van der Waals surface area contributed by atoms with E-state index in [9.17, 15) is 35.1 Å². The maximum Gasteiger partial charge on any atom is 0.306 e. The summed E-state index contributed by atoms with van der Waals surface area (Å²) < 4.78 is 17.6. The Bertz CT molecular complexity index is 1540. The van der Waals surface area contributed by atoms with Crippen molar-refractivity contribution in [3.63, 3.8) is 0 Å². The lowest BCUT2D eigenvalue weighted by molar-refractivity contribution is -0.305. The molecule has 0 aromatic carbocycles. The zero-order valence-corrected chi connectivity index (χ0v) is 47.6. The molecule has 0 radical (unpaired) electrons. The van der Waals surface area contributed by atoms with Gasteiger partial charge in [-0.2, -0.15) is 0 Å². The highest BCUT2D eigenvalue weighted by Gasteiger charge is 2.47. The van der Waals surface area contributed by atoms with Crippen LogP contribution in [0.15, 0.2) is 85.1 Å². The smallest absolute Gasteiger partial charge is 0.306 e. The summed E-state index contributed by atoms with van der Waals surface area (Å²) in [7, 11) is 0. The van der Waals surface area contributed by atoms with E-state index in [2.05, 4.69) is 62.5 Å². The second kappa shape index (κ2) is 51.6. The van der Waals surface area contributed by atoms with Gasteiger partial charge in [0.15, 0.2) is 12.4 Å². The van der Waals surface area contributed by atoms with Crippen molar-refractivity contribution in [2.45, 2.75) is 294 Å². The van der Waals surface area contributed by atoms with Gasteiger partial charge in [0.2, 0.25) is 5.91 Å². The van der Waals surface area contributed by atoms with Crippen molar-refractivity contribution in [3.8, 4) is 0 Å². The SMILES string of the molecule is CC/C=C/C=C/C=C/C=C\CCCCCCCC(=O)OC1C(OCC(NC(=O)C(O)CCCCCCCCCCCC/C=C\C/C=C\CCCCC)C(O)/C=C/CCCCCCCCCCC)OC(CO)C(O)C1O. The third-order valence-electron chi connectivity index (χ3n) is 13.9. The number of aliphatic hydroxyl groups excluding tert-OH is 5. The molecule has 6 N–H and O–H groups in total. The van der Waals surface area contributed by atoms with Crippen molar-refractivity contribution in [2.24, 2.45) is 0 Å². The van der Waals surface area contributed by atoms with E-state index in [0.717, 1.165) is 89.9 Å². The number of hydrogen-bond donors (Lipinski definition) is 6. The second-order valence-electron chi connectivity index (χ2n) is 20.8. The van der Waals surface area contributed by atoms with E-state index >= 15 is 0 Å². The first-order valence-corrected chi connectivity index (χ1v) is 30.4. The summed E-state index contributed by atoms with van der Waals surface area (Å²) in [4.78, 5) is 26.5. The van der Waals surface area contributed by atoms with Crippen LogP contribution in [0.25, 0.3) is 0 Å². The summed E-state index contributed by atoms with van der Waals surface area (Å²) in [6, 6.07) is -1.03. The molecule has 1 aliphatic rings. The molecule has 8 atom stereocenters. The van der Waals surface area contributed by atoms with Crippen LogP contribution >= 0.6 is 0 Å². The van der Waals surface area contributed by atoms with Crippen molar-refractivity contribution in [1.29, 1.82) is 0 Å². The molecule has 0 spiro atoms. The molecule has 11 nitrogen and oxygen atoms in total. The molecule has 0 aromatic rings. The number of carbonyl (C=O) groups excluding carboxylic acids is 2. The first-order chi connectivity index (χ1) is 36.7. The second-order valence-corrected chi connectivity index (χ2v) is 20.8. The Morgan fingerprint density at radius 1 is 0.547 bits per heavy atom. The van der Waals surface area contributed by atoms with Crippen molar-refractivity contribution >= 4 is 11.9 Å². The number of ether oxygens (including phenoxy) is 3. The summed E-state index contributed by atoms with van der Waals surface area (Å²) in [5.74, 6) is -1.22. The van der Waals surface area contributed by atoms with Crippen LogP contribution in [0, 0.1) is 0 Å². The Balaban J connectivity index is 2.68. The summed E-state index contributed by atoms with van der Waals surface area (Å²) in [5.41, 5.74) is 0. The highest BCUT2D eigenvalue weighted by molar-refractivity contribution is 5.80. The number of nitrogens with one attached hydrogen (secondary N) is 1. The maximum atomic E-state index is 13.4. The van der Waals surface area contributed by atoms with Gasteiger partial charge in [0.05, 0.1) is 25.4 Å². The predicted octanol–water partition coefficient (Wildman–Crippen LogP) is 14.2. The van der Waals surface area contributed by atoms with Gasteiger partial charge in [-0.3, -0.25) is 9.59 Å². The number of allylic oxidation sites excluding steroid dienone is 13. The zero-order valence-electron chi connectivity index (χ0n) is 47.6. The largest absolute Gasteiger partial charge is 0.454 e. The van der Waals surface area contributed by atoms with Gasteiger partial charge in [-0.15, -0.1) is 0 Å². The van der Waals surface area contributed by atoms with Gasteiger partial charge in [0.1, 0.15) is 24.4 Å². The normalized spacial score (nSPS) is 19.8. The lowest BCUT2D eigenvalue weighted by Gasteiger charge is -2.41. The molecule has 1 rings (SSSR count). The number of esters is 1. The van der Waals surface area contributed by atoms with Gasteiger partial charge in [-0.05, 0) is 77.0 Å². The average molecular weight is 1050 g/mol. The fourth-order valence-corrected chi connectivity index (χ4v) is 9.04. The standard InChI is InChI=1S/C64H111NO10/c1-4-7-10-13-16-19-22-24-26-27-28-29-30-32-33-36-39-42-45-48-51-57(68)63(72)65-55(56(67)50-47-44-41-38-35-21-18-15-12-9-6-3)54-73-64-62(61(71)60(70)58(53-66)74-64)75-59(69)52-49-46-43-40-37-34-31-25-23-20-17-14-11-8-5-2/h8,11,14,16-17,19-20,23-26,31,47,50,55-58,60-62,64,66-68,70-71H,4-7,9-10,12-13,15,18,21-22,27-30,32-46,48-49,51-54H2,1-3H3,(H,65,72)/b11-8+,17-14+,19-16-,23-20+,26-24-,31-25-,50-47+. The predicted molar refractivity (Wildman–Crippen MR) is 310 cm³/mol. The van der Waals surface area contributed by atoms with Crippen molar-refractivity contribution < 1.29 is 49.3 Å². The Morgan fingerprint density at radius 3 is 1.57 bits per heavy atom. The quantitative estimate of drug-likeness (QED) is 0.0149. The monoisotopic (exact) mass is 1050 g/mol. The lowest BCUT2D eigenvalue weighted by Crippen LogP contribution is -2.61. The molecule has 1 saturated heterocycles. The Kier molecular flexibility index (Phi) is 48.0. The van der Waals surface area contributed by atoms with E-state index < -0.39 is 67.4 Å². The number of hydrogen-bond acceptors (Lipinski definition) is 10. The highest BCUT2D eigenvalue weighted by Crippen LogP contribution is 2.26. The van der Waals surface area contributed by atoms with Crippen molar-refractivity contribution in [1.82, 2.24) is 5.32 Å².